The summed E-state index contributed by atoms with van der Waals surface area (Å²) in [7, 11) is 0. The molecule has 1 aromatic rings. The molecule has 1 fully saturated rings. The molecule has 1 aromatic carbocycles. The fourth-order valence-electron chi connectivity index (χ4n) is 2.91. The van der Waals surface area contributed by atoms with Gasteiger partial charge in [-0.15, -0.1) is 0 Å². The van der Waals surface area contributed by atoms with Crippen molar-refractivity contribution in [2.75, 3.05) is 19.6 Å². The SMILES string of the molecule is NC(=O)c1cccc(C[C@@H]2CCN(CCC(F)(F)C(F)(F)F)C2)c1. The van der Waals surface area contributed by atoms with E-state index in [-0.39, 0.29) is 12.5 Å². The largest absolute Gasteiger partial charge is 0.453 e. The van der Waals surface area contributed by atoms with Gasteiger partial charge in [-0.25, -0.2) is 0 Å². The quantitative estimate of drug-likeness (QED) is 0.801. The molecule has 3 nitrogen and oxygen atoms in total. The fraction of sp³-hybridized carbons (Fsp3) is 0.562. The van der Waals surface area contributed by atoms with Crippen LogP contribution >= 0.6 is 0 Å². The normalized spacial score (nSPS) is 19.6. The lowest BCUT2D eigenvalue weighted by Gasteiger charge is -2.23. The molecule has 0 aliphatic carbocycles. The van der Waals surface area contributed by atoms with Crippen LogP contribution in [0.5, 0.6) is 0 Å². The van der Waals surface area contributed by atoms with Crippen molar-refractivity contribution in [3.8, 4) is 0 Å². The Kier molecular flexibility index (Phi) is 5.47. The summed E-state index contributed by atoms with van der Waals surface area (Å²) in [5, 5.41) is 0. The predicted molar refractivity (Wildman–Crippen MR) is 78.8 cm³/mol. The van der Waals surface area contributed by atoms with Gasteiger partial charge in [0, 0.05) is 25.1 Å². The van der Waals surface area contributed by atoms with E-state index >= 15 is 0 Å². The molecule has 1 aliphatic rings. The molecule has 0 bridgehead atoms. The zero-order chi connectivity index (χ0) is 18.0. The molecule has 2 rings (SSSR count). The van der Waals surface area contributed by atoms with Gasteiger partial charge in [0.25, 0.3) is 0 Å². The van der Waals surface area contributed by atoms with Crippen molar-refractivity contribution in [3.63, 3.8) is 0 Å². The summed E-state index contributed by atoms with van der Waals surface area (Å²) in [6.45, 7) is 0.674. The van der Waals surface area contributed by atoms with E-state index in [1.165, 1.54) is 0 Å². The highest BCUT2D eigenvalue weighted by molar-refractivity contribution is 5.92. The van der Waals surface area contributed by atoms with Gasteiger partial charge in [-0.1, -0.05) is 12.1 Å². The highest BCUT2D eigenvalue weighted by atomic mass is 19.4. The van der Waals surface area contributed by atoms with Gasteiger partial charge >= 0.3 is 12.1 Å². The number of carbonyl (C=O) groups excluding carboxylic acids is 1. The van der Waals surface area contributed by atoms with E-state index in [4.69, 9.17) is 5.73 Å². The Hall–Kier alpha value is -1.70. The molecular formula is C16H19F5N2O. The highest BCUT2D eigenvalue weighted by Gasteiger charge is 2.56. The summed E-state index contributed by atoms with van der Waals surface area (Å²) >= 11 is 0. The highest BCUT2D eigenvalue weighted by Crippen LogP contribution is 2.38. The lowest BCUT2D eigenvalue weighted by atomic mass is 9.97. The van der Waals surface area contributed by atoms with Gasteiger partial charge in [-0.05, 0) is 43.0 Å². The van der Waals surface area contributed by atoms with Crippen molar-refractivity contribution in [2.24, 2.45) is 11.7 Å². The first-order valence-corrected chi connectivity index (χ1v) is 7.64. The Morgan fingerprint density at radius 2 is 1.96 bits per heavy atom. The maximum absolute atomic E-state index is 13.0. The van der Waals surface area contributed by atoms with E-state index in [0.717, 1.165) is 12.0 Å². The first-order valence-electron chi connectivity index (χ1n) is 7.64. The second-order valence-electron chi connectivity index (χ2n) is 6.18. The number of nitrogens with zero attached hydrogens (tertiary/aromatic N) is 1. The second kappa shape index (κ2) is 7.04. The molecule has 24 heavy (non-hydrogen) atoms. The van der Waals surface area contributed by atoms with Crippen LogP contribution in [0.1, 0.15) is 28.8 Å². The van der Waals surface area contributed by atoms with Crippen molar-refractivity contribution < 1.29 is 26.7 Å². The fourth-order valence-corrected chi connectivity index (χ4v) is 2.91. The Morgan fingerprint density at radius 3 is 2.58 bits per heavy atom. The number of amides is 1. The first-order chi connectivity index (χ1) is 11.1. The molecule has 134 valence electrons. The monoisotopic (exact) mass is 350 g/mol. The summed E-state index contributed by atoms with van der Waals surface area (Å²) in [5.74, 6) is -5.02. The Morgan fingerprint density at radius 1 is 1.25 bits per heavy atom. The van der Waals surface area contributed by atoms with Crippen LogP contribution in [-0.4, -0.2) is 42.5 Å². The van der Waals surface area contributed by atoms with Crippen molar-refractivity contribution in [3.05, 3.63) is 35.4 Å². The average molecular weight is 350 g/mol. The topological polar surface area (TPSA) is 46.3 Å². The van der Waals surface area contributed by atoms with Gasteiger partial charge in [0.15, 0.2) is 0 Å². The number of hydrogen-bond donors (Lipinski definition) is 1. The number of carbonyl (C=O) groups is 1. The van der Waals surface area contributed by atoms with Crippen LogP contribution in [0, 0.1) is 5.92 Å². The molecule has 1 aliphatic heterocycles. The average Bonchev–Trinajstić information content (AvgIpc) is 2.92. The third kappa shape index (κ3) is 4.66. The minimum absolute atomic E-state index is 0.160. The van der Waals surface area contributed by atoms with E-state index in [2.05, 4.69) is 0 Å². The molecular weight excluding hydrogens is 331 g/mol. The number of nitrogens with two attached hydrogens (primary N) is 1. The number of alkyl halides is 5. The van der Waals surface area contributed by atoms with Crippen LogP contribution in [-0.2, 0) is 6.42 Å². The van der Waals surface area contributed by atoms with Crippen molar-refractivity contribution in [1.82, 2.24) is 4.90 Å². The van der Waals surface area contributed by atoms with Gasteiger partial charge < -0.3 is 10.6 Å². The zero-order valence-electron chi connectivity index (χ0n) is 13.0. The van der Waals surface area contributed by atoms with Crippen molar-refractivity contribution in [2.45, 2.75) is 31.4 Å². The van der Waals surface area contributed by atoms with Crippen LogP contribution < -0.4 is 5.73 Å². The lowest BCUT2D eigenvalue weighted by molar-refractivity contribution is -0.284. The molecule has 0 spiro atoms. The summed E-state index contributed by atoms with van der Waals surface area (Å²) in [5.41, 5.74) is 6.52. The smallest absolute Gasteiger partial charge is 0.366 e. The van der Waals surface area contributed by atoms with E-state index in [1.807, 2.05) is 6.07 Å². The standard InChI is InChI=1S/C16H19F5N2O/c17-15(18,16(19,20)21)5-7-23-6-4-12(10-23)8-11-2-1-3-13(9-11)14(22)24/h1-3,9,12H,4-8,10H2,(H2,22,24)/t12-/m0/s1. The minimum atomic E-state index is -5.50. The van der Waals surface area contributed by atoms with E-state index in [1.54, 1.807) is 23.1 Å². The Bertz CT molecular complexity index is 588. The minimum Gasteiger partial charge on any atom is -0.366 e. The van der Waals surface area contributed by atoms with E-state index in [0.29, 0.717) is 25.1 Å². The van der Waals surface area contributed by atoms with Crippen LogP contribution in [0.15, 0.2) is 24.3 Å². The summed E-state index contributed by atoms with van der Waals surface area (Å²) in [6.07, 6.45) is -5.37. The molecule has 0 saturated carbocycles. The summed E-state index contributed by atoms with van der Waals surface area (Å²) < 4.78 is 62.4. The first kappa shape index (κ1) is 18.6. The summed E-state index contributed by atoms with van der Waals surface area (Å²) in [6, 6.07) is 6.84. The molecule has 0 aromatic heterocycles. The number of rotatable bonds is 6. The van der Waals surface area contributed by atoms with Gasteiger partial charge in [-0.2, -0.15) is 22.0 Å². The maximum atomic E-state index is 13.0. The van der Waals surface area contributed by atoms with Gasteiger partial charge in [0.05, 0.1) is 0 Å². The van der Waals surface area contributed by atoms with Crippen molar-refractivity contribution in [1.29, 1.82) is 0 Å². The molecule has 0 unspecified atom stereocenters. The number of benzene rings is 1. The van der Waals surface area contributed by atoms with E-state index in [9.17, 15) is 26.7 Å². The maximum Gasteiger partial charge on any atom is 0.453 e. The molecule has 1 saturated heterocycles. The Labute approximate surface area is 136 Å². The third-order valence-corrected chi connectivity index (χ3v) is 4.26. The third-order valence-electron chi connectivity index (χ3n) is 4.26. The van der Waals surface area contributed by atoms with Gasteiger partial charge in [0.1, 0.15) is 0 Å². The van der Waals surface area contributed by atoms with Gasteiger partial charge in [0.2, 0.25) is 5.91 Å². The van der Waals surface area contributed by atoms with Crippen LogP contribution in [0.2, 0.25) is 0 Å². The lowest BCUT2D eigenvalue weighted by Crippen LogP contribution is -2.39. The van der Waals surface area contributed by atoms with Crippen LogP contribution in [0.4, 0.5) is 22.0 Å². The molecule has 1 heterocycles. The number of likely N-dealkylation sites (tertiary alicyclic amines) is 1. The van der Waals surface area contributed by atoms with Crippen LogP contribution in [0.25, 0.3) is 0 Å². The number of primary amides is 1. The van der Waals surface area contributed by atoms with E-state index < -0.39 is 24.4 Å². The molecule has 1 amide bonds. The molecule has 8 heteroatoms. The number of halogens is 5. The van der Waals surface area contributed by atoms with Crippen LogP contribution in [0.3, 0.4) is 0 Å². The summed E-state index contributed by atoms with van der Waals surface area (Å²) in [4.78, 5) is 12.8. The van der Waals surface area contributed by atoms with Crippen molar-refractivity contribution >= 4 is 5.91 Å². The molecule has 1 atom stereocenters. The van der Waals surface area contributed by atoms with Gasteiger partial charge in [-0.3, -0.25) is 4.79 Å². The number of hydrogen-bond acceptors (Lipinski definition) is 2. The zero-order valence-corrected chi connectivity index (χ0v) is 13.0. The predicted octanol–water partition coefficient (Wildman–Crippen LogP) is 3.24. The molecule has 0 radical (unpaired) electrons. The second-order valence-corrected chi connectivity index (χ2v) is 6.18. The molecule has 2 N–H and O–H groups in total. The Balaban J connectivity index is 1.85.